The third-order valence-corrected chi connectivity index (χ3v) is 3.81. The van der Waals surface area contributed by atoms with Gasteiger partial charge in [0, 0.05) is 12.1 Å². The van der Waals surface area contributed by atoms with Crippen LogP contribution in [0, 0.1) is 11.8 Å². The molecule has 0 radical (unpaired) electrons. The lowest BCUT2D eigenvalue weighted by Crippen LogP contribution is -2.43. The minimum Gasteiger partial charge on any atom is -0.326 e. The van der Waals surface area contributed by atoms with Crippen LogP contribution < -0.4 is 5.73 Å². The van der Waals surface area contributed by atoms with Crippen molar-refractivity contribution in [1.82, 2.24) is 4.90 Å². The van der Waals surface area contributed by atoms with Crippen LogP contribution in [0.5, 0.6) is 0 Å². The number of imide groups is 1. The van der Waals surface area contributed by atoms with Crippen molar-refractivity contribution >= 4 is 11.8 Å². The van der Waals surface area contributed by atoms with Crippen LogP contribution in [0.1, 0.15) is 25.7 Å². The average molecular weight is 194 g/mol. The topological polar surface area (TPSA) is 63.4 Å². The lowest BCUT2D eigenvalue weighted by atomic mass is 10.2. The molecular weight excluding hydrogens is 180 g/mol. The van der Waals surface area contributed by atoms with Gasteiger partial charge in [-0.15, -0.1) is 0 Å². The van der Waals surface area contributed by atoms with E-state index in [1.165, 1.54) is 4.90 Å². The van der Waals surface area contributed by atoms with Gasteiger partial charge in [0.1, 0.15) is 0 Å². The van der Waals surface area contributed by atoms with Gasteiger partial charge >= 0.3 is 0 Å². The summed E-state index contributed by atoms with van der Waals surface area (Å²) < 4.78 is 0. The van der Waals surface area contributed by atoms with Crippen LogP contribution in [0.2, 0.25) is 0 Å². The van der Waals surface area contributed by atoms with Crippen molar-refractivity contribution in [3.63, 3.8) is 0 Å². The molecule has 3 rings (SSSR count). The highest BCUT2D eigenvalue weighted by Crippen LogP contribution is 2.47. The molecule has 0 bridgehead atoms. The molecule has 2 unspecified atom stereocenters. The summed E-state index contributed by atoms with van der Waals surface area (Å²) in [6, 6.07) is 0.0163. The number of nitrogens with two attached hydrogens (primary N) is 1. The van der Waals surface area contributed by atoms with Crippen molar-refractivity contribution in [2.75, 3.05) is 0 Å². The third kappa shape index (κ3) is 0.869. The molecule has 1 saturated heterocycles. The highest BCUT2D eigenvalue weighted by Gasteiger charge is 2.66. The maximum absolute atomic E-state index is 11.8. The van der Waals surface area contributed by atoms with Crippen molar-refractivity contribution < 1.29 is 9.59 Å². The lowest BCUT2D eigenvalue weighted by Gasteiger charge is -2.24. The fraction of sp³-hybridized carbons (Fsp3) is 0.800. The maximum atomic E-state index is 11.8. The number of nitrogens with zero attached hydrogens (tertiary/aromatic N) is 1. The summed E-state index contributed by atoms with van der Waals surface area (Å²) in [7, 11) is 0. The molecule has 2 aliphatic carbocycles. The van der Waals surface area contributed by atoms with Gasteiger partial charge in [-0.3, -0.25) is 14.5 Å². The van der Waals surface area contributed by atoms with Gasteiger partial charge < -0.3 is 5.73 Å². The van der Waals surface area contributed by atoms with Gasteiger partial charge in [0.25, 0.3) is 0 Å². The maximum Gasteiger partial charge on any atom is 0.235 e. The van der Waals surface area contributed by atoms with Gasteiger partial charge in [-0.2, -0.15) is 0 Å². The highest BCUT2D eigenvalue weighted by atomic mass is 16.2. The first-order valence-corrected chi connectivity index (χ1v) is 5.34. The van der Waals surface area contributed by atoms with Crippen LogP contribution in [0.25, 0.3) is 0 Å². The molecule has 14 heavy (non-hydrogen) atoms. The zero-order valence-electron chi connectivity index (χ0n) is 7.98. The first-order valence-electron chi connectivity index (χ1n) is 5.34. The van der Waals surface area contributed by atoms with Crippen molar-refractivity contribution in [2.24, 2.45) is 17.6 Å². The molecule has 0 spiro atoms. The van der Waals surface area contributed by atoms with Gasteiger partial charge in [-0.25, -0.2) is 0 Å². The summed E-state index contributed by atoms with van der Waals surface area (Å²) in [6.07, 6.45) is 4.27. The van der Waals surface area contributed by atoms with Gasteiger partial charge in [0.15, 0.2) is 0 Å². The van der Waals surface area contributed by atoms with Crippen molar-refractivity contribution in [2.45, 2.75) is 37.8 Å². The van der Waals surface area contributed by atoms with Crippen LogP contribution in [0.3, 0.4) is 0 Å². The number of fused-ring (bicyclic) bond motifs is 1. The largest absolute Gasteiger partial charge is 0.326 e. The third-order valence-electron chi connectivity index (χ3n) is 3.81. The zero-order chi connectivity index (χ0) is 9.87. The molecule has 2 saturated carbocycles. The molecule has 2 atom stereocenters. The Morgan fingerprint density at radius 2 is 1.57 bits per heavy atom. The molecular formula is C10H14N2O2. The number of carbonyl (C=O) groups is 2. The van der Waals surface area contributed by atoms with Gasteiger partial charge in [-0.1, -0.05) is 12.8 Å². The van der Waals surface area contributed by atoms with Crippen LogP contribution >= 0.6 is 0 Å². The molecule has 1 heterocycles. The number of carbonyl (C=O) groups excluding carboxylic acids is 2. The zero-order valence-corrected chi connectivity index (χ0v) is 7.98. The molecule has 0 aromatic heterocycles. The Bertz CT molecular complexity index is 287. The molecule has 2 N–H and O–H groups in total. The van der Waals surface area contributed by atoms with E-state index >= 15 is 0 Å². The van der Waals surface area contributed by atoms with E-state index in [1.54, 1.807) is 0 Å². The number of likely N-dealkylation sites (tertiary alicyclic amines) is 1. The van der Waals surface area contributed by atoms with E-state index < -0.39 is 0 Å². The molecule has 4 nitrogen and oxygen atoms in total. The van der Waals surface area contributed by atoms with E-state index in [9.17, 15) is 9.59 Å². The summed E-state index contributed by atoms with van der Waals surface area (Å²) >= 11 is 0. The van der Waals surface area contributed by atoms with Crippen LogP contribution in [-0.2, 0) is 9.59 Å². The summed E-state index contributed by atoms with van der Waals surface area (Å²) in [5.41, 5.74) is 5.65. The number of hydrogen-bond acceptors (Lipinski definition) is 3. The molecule has 0 aromatic carbocycles. The first kappa shape index (κ1) is 8.41. The molecule has 3 aliphatic rings. The van der Waals surface area contributed by atoms with Gasteiger partial charge in [-0.05, 0) is 12.8 Å². The predicted octanol–water partition coefficient (Wildman–Crippen LogP) is -0.129. The van der Waals surface area contributed by atoms with E-state index in [0.717, 1.165) is 25.7 Å². The Kier molecular flexibility index (Phi) is 1.54. The fourth-order valence-electron chi connectivity index (χ4n) is 2.92. The average Bonchev–Trinajstić information content (AvgIpc) is 2.55. The second-order valence-corrected chi connectivity index (χ2v) is 4.61. The van der Waals surface area contributed by atoms with Crippen LogP contribution in [-0.4, -0.2) is 28.8 Å². The van der Waals surface area contributed by atoms with Crippen molar-refractivity contribution in [3.05, 3.63) is 0 Å². The number of rotatable bonds is 1. The highest BCUT2D eigenvalue weighted by molar-refractivity contribution is 6.10. The number of piperidine rings is 1. The second kappa shape index (κ2) is 2.57. The van der Waals surface area contributed by atoms with E-state index in [4.69, 9.17) is 5.73 Å². The fourth-order valence-corrected chi connectivity index (χ4v) is 2.92. The summed E-state index contributed by atoms with van der Waals surface area (Å²) in [5.74, 6) is -0.329. The van der Waals surface area contributed by atoms with Crippen LogP contribution in [0.4, 0.5) is 0 Å². The van der Waals surface area contributed by atoms with Gasteiger partial charge in [0.05, 0.1) is 11.8 Å². The molecule has 1 aliphatic heterocycles. The second-order valence-electron chi connectivity index (χ2n) is 4.61. The monoisotopic (exact) mass is 194 g/mol. The van der Waals surface area contributed by atoms with E-state index in [1.807, 2.05) is 0 Å². The smallest absolute Gasteiger partial charge is 0.235 e. The summed E-state index contributed by atoms with van der Waals surface area (Å²) in [5, 5.41) is 0. The Morgan fingerprint density at radius 3 is 2.07 bits per heavy atom. The summed E-state index contributed by atoms with van der Waals surface area (Å²) in [6.45, 7) is 0. The molecule has 76 valence electrons. The normalized spacial score (nSPS) is 42.1. The Hall–Kier alpha value is -0.900. The van der Waals surface area contributed by atoms with Crippen molar-refractivity contribution in [3.8, 4) is 0 Å². The molecule has 2 amide bonds. The predicted molar refractivity (Wildman–Crippen MR) is 49.1 cm³/mol. The quantitative estimate of drug-likeness (QED) is 0.591. The minimum atomic E-state index is -0.173. The van der Waals surface area contributed by atoms with Gasteiger partial charge in [0.2, 0.25) is 11.8 Å². The summed E-state index contributed by atoms with van der Waals surface area (Å²) in [4.78, 5) is 25.1. The van der Waals surface area contributed by atoms with Crippen molar-refractivity contribution in [1.29, 1.82) is 0 Å². The van der Waals surface area contributed by atoms with E-state index in [0.29, 0.717) is 0 Å². The Balaban J connectivity index is 1.82. The molecule has 3 fully saturated rings. The Labute approximate surface area is 82.4 Å². The van der Waals surface area contributed by atoms with E-state index in [-0.39, 0.29) is 35.7 Å². The standard InChI is InChI=1S/C10H14N2O2/c11-8-6-7(8)10(14)12(9(6)13)5-3-1-2-4-5/h5-8H,1-4,11H2. The lowest BCUT2D eigenvalue weighted by molar-refractivity contribution is -0.144. The molecule has 0 aromatic rings. The SMILES string of the molecule is NC1C2C(=O)N(C3CCCC3)C(=O)C12. The number of hydrogen-bond donors (Lipinski definition) is 1. The Morgan fingerprint density at radius 1 is 1.07 bits per heavy atom. The molecule has 4 heteroatoms. The van der Waals surface area contributed by atoms with Crippen LogP contribution in [0.15, 0.2) is 0 Å². The number of amides is 2. The minimum absolute atomic E-state index is 0.000556. The first-order chi connectivity index (χ1) is 6.72. The van der Waals surface area contributed by atoms with E-state index in [2.05, 4.69) is 0 Å².